The van der Waals surface area contributed by atoms with Crippen molar-refractivity contribution in [2.45, 2.75) is 6.54 Å². The molecule has 0 saturated heterocycles. The Morgan fingerprint density at radius 1 is 1.22 bits per heavy atom. The van der Waals surface area contributed by atoms with Crippen molar-refractivity contribution in [3.63, 3.8) is 0 Å². The Kier molecular flexibility index (Phi) is 4.61. The smallest absolute Gasteiger partial charge is 0.273 e. The van der Waals surface area contributed by atoms with Crippen molar-refractivity contribution in [1.29, 1.82) is 0 Å². The fourth-order valence-electron chi connectivity index (χ4n) is 2.06. The second-order valence-electron chi connectivity index (χ2n) is 4.97. The molecule has 0 bridgehead atoms. The van der Waals surface area contributed by atoms with Crippen LogP contribution in [0.15, 0.2) is 59.2 Å². The van der Waals surface area contributed by atoms with Crippen LogP contribution in [0.2, 0.25) is 0 Å². The molecule has 0 fully saturated rings. The Balaban J connectivity index is 1.67. The summed E-state index contributed by atoms with van der Waals surface area (Å²) < 4.78 is 6.50. The standard InChI is InChI=1S/C17H14IN3O2/c18-13-3-1-2-11(8-13)9-20-16(22)15-10-23-17(21-15)12-4-6-14(19)7-5-12/h1-8,10H,9,19H2,(H,20,22). The normalized spacial score (nSPS) is 10.5. The van der Waals surface area contributed by atoms with E-state index in [1.807, 2.05) is 24.3 Å². The number of nitrogen functional groups attached to an aromatic ring is 1. The zero-order valence-corrected chi connectivity index (χ0v) is 14.3. The van der Waals surface area contributed by atoms with Gasteiger partial charge >= 0.3 is 0 Å². The minimum atomic E-state index is -0.269. The number of benzene rings is 2. The van der Waals surface area contributed by atoms with Crippen molar-refractivity contribution < 1.29 is 9.21 Å². The molecule has 5 nitrogen and oxygen atoms in total. The lowest BCUT2D eigenvalue weighted by atomic mass is 10.2. The van der Waals surface area contributed by atoms with Gasteiger partial charge in [0, 0.05) is 21.4 Å². The van der Waals surface area contributed by atoms with Crippen LogP contribution >= 0.6 is 22.6 Å². The van der Waals surface area contributed by atoms with Gasteiger partial charge in [0.15, 0.2) is 5.69 Å². The number of nitrogens with zero attached hydrogens (tertiary/aromatic N) is 1. The van der Waals surface area contributed by atoms with Gasteiger partial charge in [-0.05, 0) is 64.6 Å². The molecule has 116 valence electrons. The molecule has 0 aliphatic heterocycles. The Morgan fingerprint density at radius 3 is 2.74 bits per heavy atom. The predicted octanol–water partition coefficient (Wildman–Crippen LogP) is 3.46. The number of aromatic nitrogens is 1. The number of carbonyl (C=O) groups excluding carboxylic acids is 1. The lowest BCUT2D eigenvalue weighted by Gasteiger charge is -2.03. The Bertz CT molecular complexity index is 828. The summed E-state index contributed by atoms with van der Waals surface area (Å²) in [6.07, 6.45) is 1.36. The fourth-order valence-corrected chi connectivity index (χ4v) is 2.66. The number of rotatable bonds is 4. The van der Waals surface area contributed by atoms with E-state index in [9.17, 15) is 4.79 Å². The second kappa shape index (κ2) is 6.82. The van der Waals surface area contributed by atoms with E-state index in [0.717, 1.165) is 14.7 Å². The molecule has 6 heteroatoms. The van der Waals surface area contributed by atoms with Crippen LogP contribution < -0.4 is 11.1 Å². The average Bonchev–Trinajstić information content (AvgIpc) is 3.03. The van der Waals surface area contributed by atoms with E-state index in [1.165, 1.54) is 6.26 Å². The van der Waals surface area contributed by atoms with Crippen LogP contribution in [0, 0.1) is 3.57 Å². The highest BCUT2D eigenvalue weighted by Gasteiger charge is 2.13. The summed E-state index contributed by atoms with van der Waals surface area (Å²) in [4.78, 5) is 16.4. The molecule has 2 aromatic carbocycles. The lowest BCUT2D eigenvalue weighted by Crippen LogP contribution is -2.23. The van der Waals surface area contributed by atoms with Gasteiger partial charge in [-0.2, -0.15) is 0 Å². The molecule has 1 amide bonds. The highest BCUT2D eigenvalue weighted by atomic mass is 127. The SMILES string of the molecule is Nc1ccc(-c2nc(C(=O)NCc3cccc(I)c3)co2)cc1. The van der Waals surface area contributed by atoms with Gasteiger partial charge in [-0.1, -0.05) is 12.1 Å². The number of nitrogens with one attached hydrogen (secondary N) is 1. The summed E-state index contributed by atoms with van der Waals surface area (Å²) >= 11 is 2.24. The number of halogens is 1. The van der Waals surface area contributed by atoms with Crippen molar-refractivity contribution >= 4 is 34.2 Å². The maximum atomic E-state index is 12.1. The predicted molar refractivity (Wildman–Crippen MR) is 96.7 cm³/mol. The molecular formula is C17H14IN3O2. The summed E-state index contributed by atoms with van der Waals surface area (Å²) in [6, 6.07) is 15.1. The van der Waals surface area contributed by atoms with Crippen LogP contribution in [0.25, 0.3) is 11.5 Å². The molecule has 3 aromatic rings. The number of hydrogen-bond acceptors (Lipinski definition) is 4. The number of amides is 1. The first-order valence-electron chi connectivity index (χ1n) is 6.96. The van der Waals surface area contributed by atoms with Crippen molar-refractivity contribution in [2.24, 2.45) is 0 Å². The zero-order chi connectivity index (χ0) is 16.2. The van der Waals surface area contributed by atoms with Crippen molar-refractivity contribution in [1.82, 2.24) is 10.3 Å². The molecule has 0 saturated carbocycles. The van der Waals surface area contributed by atoms with Gasteiger partial charge in [0.1, 0.15) is 6.26 Å². The van der Waals surface area contributed by atoms with Crippen LogP contribution in [0.3, 0.4) is 0 Å². The topological polar surface area (TPSA) is 81.1 Å². The molecule has 3 rings (SSSR count). The molecule has 1 heterocycles. The first-order valence-corrected chi connectivity index (χ1v) is 8.04. The average molecular weight is 419 g/mol. The summed E-state index contributed by atoms with van der Waals surface area (Å²) in [5, 5.41) is 2.83. The molecular weight excluding hydrogens is 405 g/mol. The molecule has 0 atom stereocenters. The van der Waals surface area contributed by atoms with Crippen molar-refractivity contribution in [3.05, 3.63) is 69.6 Å². The molecule has 0 radical (unpaired) electrons. The van der Waals surface area contributed by atoms with Crippen molar-refractivity contribution in [3.8, 4) is 11.5 Å². The van der Waals surface area contributed by atoms with E-state index in [-0.39, 0.29) is 11.6 Å². The largest absolute Gasteiger partial charge is 0.444 e. The van der Waals surface area contributed by atoms with Gasteiger partial charge in [-0.15, -0.1) is 0 Å². The Labute approximate surface area is 147 Å². The summed E-state index contributed by atoms with van der Waals surface area (Å²) in [5.41, 5.74) is 8.37. The number of anilines is 1. The third kappa shape index (κ3) is 3.89. The molecule has 3 N–H and O–H groups in total. The summed E-state index contributed by atoms with van der Waals surface area (Å²) in [6.45, 7) is 0.444. The molecule has 0 aliphatic carbocycles. The van der Waals surface area contributed by atoms with Crippen LogP contribution in [-0.2, 0) is 6.54 Å². The zero-order valence-electron chi connectivity index (χ0n) is 12.1. The van der Waals surface area contributed by atoms with Gasteiger partial charge in [0.05, 0.1) is 0 Å². The maximum absolute atomic E-state index is 12.1. The number of carbonyl (C=O) groups is 1. The van der Waals surface area contributed by atoms with E-state index in [0.29, 0.717) is 18.1 Å². The number of nitrogens with two attached hydrogens (primary N) is 1. The van der Waals surface area contributed by atoms with Crippen molar-refractivity contribution in [2.75, 3.05) is 5.73 Å². The van der Waals surface area contributed by atoms with Crippen LogP contribution in [-0.4, -0.2) is 10.9 Å². The molecule has 23 heavy (non-hydrogen) atoms. The van der Waals surface area contributed by atoms with Gasteiger partial charge < -0.3 is 15.5 Å². The molecule has 0 aliphatic rings. The number of hydrogen-bond donors (Lipinski definition) is 2. The molecule has 1 aromatic heterocycles. The fraction of sp³-hybridized carbons (Fsp3) is 0.0588. The third-order valence-corrected chi connectivity index (χ3v) is 3.91. The molecule has 0 spiro atoms. The maximum Gasteiger partial charge on any atom is 0.273 e. The van der Waals surface area contributed by atoms with Crippen LogP contribution in [0.1, 0.15) is 16.1 Å². The molecule has 0 unspecified atom stereocenters. The van der Waals surface area contributed by atoms with Gasteiger partial charge in [0.2, 0.25) is 5.89 Å². The first kappa shape index (κ1) is 15.5. The summed E-state index contributed by atoms with van der Waals surface area (Å²) in [7, 11) is 0. The summed E-state index contributed by atoms with van der Waals surface area (Å²) in [5.74, 6) is 0.124. The van der Waals surface area contributed by atoms with E-state index in [1.54, 1.807) is 24.3 Å². The van der Waals surface area contributed by atoms with E-state index < -0.39 is 0 Å². The Morgan fingerprint density at radius 2 is 2.00 bits per heavy atom. The first-order chi connectivity index (χ1) is 11.1. The monoisotopic (exact) mass is 419 g/mol. The van der Waals surface area contributed by atoms with Crippen LogP contribution in [0.5, 0.6) is 0 Å². The Hall–Kier alpha value is -2.35. The quantitative estimate of drug-likeness (QED) is 0.502. The lowest BCUT2D eigenvalue weighted by molar-refractivity contribution is 0.0946. The minimum Gasteiger partial charge on any atom is -0.444 e. The van der Waals surface area contributed by atoms with E-state index >= 15 is 0 Å². The second-order valence-corrected chi connectivity index (χ2v) is 6.22. The highest BCUT2D eigenvalue weighted by Crippen LogP contribution is 2.19. The minimum absolute atomic E-state index is 0.252. The third-order valence-electron chi connectivity index (χ3n) is 3.24. The van der Waals surface area contributed by atoms with Crippen LogP contribution in [0.4, 0.5) is 5.69 Å². The highest BCUT2D eigenvalue weighted by molar-refractivity contribution is 14.1. The number of oxazole rings is 1. The van der Waals surface area contributed by atoms with E-state index in [4.69, 9.17) is 10.2 Å². The van der Waals surface area contributed by atoms with Gasteiger partial charge in [0.25, 0.3) is 5.91 Å². The van der Waals surface area contributed by atoms with E-state index in [2.05, 4.69) is 32.9 Å². The van der Waals surface area contributed by atoms with Gasteiger partial charge in [-0.25, -0.2) is 4.98 Å². The van der Waals surface area contributed by atoms with Gasteiger partial charge in [-0.3, -0.25) is 4.79 Å².